The van der Waals surface area contributed by atoms with E-state index in [2.05, 4.69) is 0 Å². The van der Waals surface area contributed by atoms with Crippen molar-refractivity contribution in [2.75, 3.05) is 6.54 Å². The van der Waals surface area contributed by atoms with E-state index in [0.717, 1.165) is 24.1 Å². The Labute approximate surface area is 158 Å². The van der Waals surface area contributed by atoms with Gasteiger partial charge in [-0.1, -0.05) is 56.7 Å². The zero-order valence-electron chi connectivity index (χ0n) is 15.5. The van der Waals surface area contributed by atoms with Crippen molar-refractivity contribution in [2.45, 2.75) is 32.4 Å². The molecule has 2 aromatic carbocycles. The van der Waals surface area contributed by atoms with Gasteiger partial charge in [0.1, 0.15) is 11.6 Å². The Morgan fingerprint density at radius 2 is 1.93 bits per heavy atom. The number of benzene rings is 2. The maximum atomic E-state index is 14.3. The first-order valence-corrected chi connectivity index (χ1v) is 9.19. The Hall–Kier alpha value is -2.53. The minimum Gasteiger partial charge on any atom is -0.326 e. The van der Waals surface area contributed by atoms with E-state index in [9.17, 15) is 13.6 Å². The summed E-state index contributed by atoms with van der Waals surface area (Å²) in [7, 11) is 0. The van der Waals surface area contributed by atoms with Gasteiger partial charge in [0.25, 0.3) is 0 Å². The van der Waals surface area contributed by atoms with Crippen molar-refractivity contribution in [1.29, 1.82) is 0 Å². The zero-order valence-corrected chi connectivity index (χ0v) is 15.5. The second kappa shape index (κ2) is 8.01. The van der Waals surface area contributed by atoms with Gasteiger partial charge < -0.3 is 10.6 Å². The molecule has 3 rings (SSSR count). The molecular weight excluding hydrogens is 346 g/mol. The van der Waals surface area contributed by atoms with Crippen molar-refractivity contribution in [2.24, 2.45) is 11.7 Å². The van der Waals surface area contributed by atoms with Crippen LogP contribution in [0.4, 0.5) is 8.78 Å². The van der Waals surface area contributed by atoms with Gasteiger partial charge in [0, 0.05) is 12.1 Å². The molecule has 1 heterocycles. The van der Waals surface area contributed by atoms with Crippen LogP contribution >= 0.6 is 0 Å². The van der Waals surface area contributed by atoms with E-state index in [4.69, 9.17) is 5.73 Å². The number of carbonyl (C=O) groups is 1. The van der Waals surface area contributed by atoms with Crippen LogP contribution in [0.2, 0.25) is 0 Å². The summed E-state index contributed by atoms with van der Waals surface area (Å²) in [6, 6.07) is 11.9. The predicted molar refractivity (Wildman–Crippen MR) is 103 cm³/mol. The summed E-state index contributed by atoms with van der Waals surface area (Å²) in [5, 5.41) is 0. The van der Waals surface area contributed by atoms with Gasteiger partial charge in [-0.2, -0.15) is 0 Å². The third-order valence-electron chi connectivity index (χ3n) is 5.28. The van der Waals surface area contributed by atoms with Crippen LogP contribution in [0.25, 0.3) is 5.57 Å². The van der Waals surface area contributed by atoms with Crippen LogP contribution in [-0.4, -0.2) is 23.4 Å². The highest BCUT2D eigenvalue weighted by Gasteiger charge is 2.35. The molecule has 0 fully saturated rings. The molecule has 1 aliphatic heterocycles. The van der Waals surface area contributed by atoms with E-state index >= 15 is 0 Å². The standard InChI is InChI=1S/C22H24F2N2O/c1-3-14(2)21(25)22(27)26-13-16(18-12-17(23)9-10-19(18)24)11-20(26)15-7-5-4-6-8-15/h4-12,14,20-21H,3,13,25H2,1-2H3/t14-,20?,21-/m0/s1. The van der Waals surface area contributed by atoms with Gasteiger partial charge in [-0.25, -0.2) is 8.78 Å². The summed E-state index contributed by atoms with van der Waals surface area (Å²) >= 11 is 0. The SMILES string of the molecule is CC[C@H](C)[C@H](N)C(=O)N1CC(c2cc(F)ccc2F)=CC1c1ccccc1. The van der Waals surface area contributed by atoms with Crippen LogP contribution in [0.5, 0.6) is 0 Å². The number of amides is 1. The number of halogens is 2. The molecule has 27 heavy (non-hydrogen) atoms. The molecule has 2 N–H and O–H groups in total. The van der Waals surface area contributed by atoms with Gasteiger partial charge in [-0.15, -0.1) is 0 Å². The molecule has 1 amide bonds. The van der Waals surface area contributed by atoms with E-state index in [-0.39, 0.29) is 30.0 Å². The normalized spacial score (nSPS) is 18.9. The average molecular weight is 370 g/mol. The number of hydrogen-bond donors (Lipinski definition) is 1. The molecule has 0 bridgehead atoms. The minimum absolute atomic E-state index is 0.0314. The van der Waals surface area contributed by atoms with Gasteiger partial charge in [0.2, 0.25) is 5.91 Å². The fourth-order valence-corrected chi connectivity index (χ4v) is 3.36. The lowest BCUT2D eigenvalue weighted by Gasteiger charge is -2.30. The smallest absolute Gasteiger partial charge is 0.240 e. The Bertz CT molecular complexity index is 851. The fraction of sp³-hybridized carbons (Fsp3) is 0.318. The lowest BCUT2D eigenvalue weighted by molar-refractivity contribution is -0.134. The molecule has 3 nitrogen and oxygen atoms in total. The Kier molecular flexibility index (Phi) is 5.71. The van der Waals surface area contributed by atoms with Crippen LogP contribution in [-0.2, 0) is 4.79 Å². The number of nitrogens with zero attached hydrogens (tertiary/aromatic N) is 1. The molecule has 1 aliphatic rings. The number of nitrogens with two attached hydrogens (primary N) is 1. The molecule has 0 aromatic heterocycles. The van der Waals surface area contributed by atoms with Gasteiger partial charge in [-0.05, 0) is 35.3 Å². The first-order chi connectivity index (χ1) is 12.9. The highest BCUT2D eigenvalue weighted by atomic mass is 19.1. The van der Waals surface area contributed by atoms with Gasteiger partial charge in [-0.3, -0.25) is 4.79 Å². The van der Waals surface area contributed by atoms with Crippen LogP contribution in [0, 0.1) is 17.6 Å². The molecule has 1 unspecified atom stereocenters. The second-order valence-electron chi connectivity index (χ2n) is 7.05. The quantitative estimate of drug-likeness (QED) is 0.853. The Morgan fingerprint density at radius 1 is 1.22 bits per heavy atom. The summed E-state index contributed by atoms with van der Waals surface area (Å²) in [5.74, 6) is -1.16. The minimum atomic E-state index is -0.633. The highest BCUT2D eigenvalue weighted by Crippen LogP contribution is 2.36. The van der Waals surface area contributed by atoms with Crippen LogP contribution in [0.15, 0.2) is 54.6 Å². The lowest BCUT2D eigenvalue weighted by Crippen LogP contribution is -2.47. The van der Waals surface area contributed by atoms with Crippen LogP contribution in [0.3, 0.4) is 0 Å². The molecule has 0 saturated carbocycles. The first kappa shape index (κ1) is 19.2. The molecular formula is C22H24F2N2O. The lowest BCUT2D eigenvalue weighted by atomic mass is 9.98. The Balaban J connectivity index is 1.99. The molecule has 0 radical (unpaired) electrons. The van der Waals surface area contributed by atoms with Gasteiger partial charge in [0.05, 0.1) is 12.1 Å². The molecule has 142 valence electrons. The predicted octanol–water partition coefficient (Wildman–Crippen LogP) is 4.31. The Morgan fingerprint density at radius 3 is 2.59 bits per heavy atom. The summed E-state index contributed by atoms with van der Waals surface area (Å²) in [4.78, 5) is 14.7. The third-order valence-corrected chi connectivity index (χ3v) is 5.28. The van der Waals surface area contributed by atoms with Crippen molar-refractivity contribution >= 4 is 11.5 Å². The molecule has 0 aliphatic carbocycles. The molecule has 5 heteroatoms. The van der Waals surface area contributed by atoms with Gasteiger partial charge in [0.15, 0.2) is 0 Å². The maximum absolute atomic E-state index is 14.3. The monoisotopic (exact) mass is 370 g/mol. The van der Waals surface area contributed by atoms with Crippen molar-refractivity contribution in [1.82, 2.24) is 4.90 Å². The van der Waals surface area contributed by atoms with E-state index in [1.165, 1.54) is 6.07 Å². The molecule has 3 atom stereocenters. The number of rotatable bonds is 5. The average Bonchev–Trinajstić information content (AvgIpc) is 3.13. The van der Waals surface area contributed by atoms with Crippen molar-refractivity contribution in [3.8, 4) is 0 Å². The molecule has 0 spiro atoms. The topological polar surface area (TPSA) is 46.3 Å². The fourth-order valence-electron chi connectivity index (χ4n) is 3.36. The van der Waals surface area contributed by atoms with E-state index in [0.29, 0.717) is 5.57 Å². The van der Waals surface area contributed by atoms with E-state index in [1.54, 1.807) is 4.90 Å². The third kappa shape index (κ3) is 3.93. The van der Waals surface area contributed by atoms with E-state index < -0.39 is 17.7 Å². The van der Waals surface area contributed by atoms with Crippen LogP contribution in [0.1, 0.15) is 37.4 Å². The number of carbonyl (C=O) groups excluding carboxylic acids is 1. The van der Waals surface area contributed by atoms with Crippen LogP contribution < -0.4 is 5.73 Å². The molecule has 0 saturated heterocycles. The largest absolute Gasteiger partial charge is 0.326 e. The van der Waals surface area contributed by atoms with Gasteiger partial charge >= 0.3 is 0 Å². The molecule has 2 aromatic rings. The summed E-state index contributed by atoms with van der Waals surface area (Å²) in [5.41, 5.74) is 7.86. The first-order valence-electron chi connectivity index (χ1n) is 9.19. The van der Waals surface area contributed by atoms with E-state index in [1.807, 2.05) is 50.3 Å². The highest BCUT2D eigenvalue weighted by molar-refractivity contribution is 5.87. The van der Waals surface area contributed by atoms with Crippen molar-refractivity contribution in [3.63, 3.8) is 0 Å². The number of hydrogen-bond acceptors (Lipinski definition) is 2. The summed E-state index contributed by atoms with van der Waals surface area (Å²) in [6.07, 6.45) is 2.62. The van der Waals surface area contributed by atoms with Crippen molar-refractivity contribution in [3.05, 3.63) is 77.4 Å². The zero-order chi connectivity index (χ0) is 19.6. The second-order valence-corrected chi connectivity index (χ2v) is 7.05. The summed E-state index contributed by atoms with van der Waals surface area (Å²) in [6.45, 7) is 4.13. The van der Waals surface area contributed by atoms with Crippen molar-refractivity contribution < 1.29 is 13.6 Å². The summed E-state index contributed by atoms with van der Waals surface area (Å²) < 4.78 is 27.9. The maximum Gasteiger partial charge on any atom is 0.240 e.